The van der Waals surface area contributed by atoms with Crippen molar-refractivity contribution < 1.29 is 4.74 Å². The van der Waals surface area contributed by atoms with Gasteiger partial charge in [-0.25, -0.2) is 0 Å². The maximum absolute atomic E-state index is 5.95. The Morgan fingerprint density at radius 3 is 2.24 bits per heavy atom. The number of aryl methyl sites for hydroxylation is 3. The molecule has 1 N–H and O–H groups in total. The molecule has 2 atom stereocenters. The smallest absolute Gasteiger partial charge is 0.174 e. The summed E-state index contributed by atoms with van der Waals surface area (Å²) >= 11 is 5.95. The van der Waals surface area contributed by atoms with Crippen LogP contribution in [0.5, 0.6) is 5.75 Å². The van der Waals surface area contributed by atoms with Gasteiger partial charge >= 0.3 is 0 Å². The van der Waals surface area contributed by atoms with Gasteiger partial charge in [0.05, 0.1) is 29.6 Å². The van der Waals surface area contributed by atoms with Gasteiger partial charge in [0.25, 0.3) is 0 Å². The third kappa shape index (κ3) is 4.62. The number of para-hydroxylation sites is 1. The van der Waals surface area contributed by atoms with Crippen molar-refractivity contribution in [2.45, 2.75) is 59.7 Å². The average Bonchev–Trinajstić information content (AvgIpc) is 3.35. The molecule has 2 aromatic heterocycles. The van der Waals surface area contributed by atoms with Crippen molar-refractivity contribution in [2.24, 2.45) is 0 Å². The van der Waals surface area contributed by atoms with Crippen molar-refractivity contribution in [3.63, 3.8) is 0 Å². The predicted molar refractivity (Wildman–Crippen MR) is 155 cm³/mol. The second-order valence-corrected chi connectivity index (χ2v) is 10.4. The first kappa shape index (κ1) is 25.0. The Morgan fingerprint density at radius 1 is 0.919 bits per heavy atom. The molecule has 1 saturated heterocycles. The Labute approximate surface area is 225 Å². The lowest BCUT2D eigenvalue weighted by Crippen LogP contribution is -2.29. The molecule has 0 bridgehead atoms. The number of hydrogen-bond donors (Lipinski definition) is 1. The normalized spacial score (nSPS) is 17.4. The van der Waals surface area contributed by atoms with E-state index in [1.807, 2.05) is 44.3 Å². The van der Waals surface area contributed by atoms with Gasteiger partial charge in [0.2, 0.25) is 0 Å². The average molecular weight is 511 g/mol. The van der Waals surface area contributed by atoms with E-state index in [-0.39, 0.29) is 18.2 Å². The molecule has 6 heteroatoms. The molecular formula is C31H34N4OS. The van der Waals surface area contributed by atoms with E-state index in [4.69, 9.17) is 21.9 Å². The minimum absolute atomic E-state index is 0.0662. The number of aromatic nitrogens is 2. The number of thiocarbonyl (C=S) groups is 1. The molecule has 0 spiro atoms. The summed E-state index contributed by atoms with van der Waals surface area (Å²) < 4.78 is 8.27. The zero-order valence-corrected chi connectivity index (χ0v) is 23.1. The number of rotatable bonds is 6. The molecule has 1 aliphatic heterocycles. The lowest BCUT2D eigenvalue weighted by molar-refractivity contribution is 0.242. The molecule has 190 valence electrons. The standard InChI is InChI=1S/C31H34N4OS/c1-19(2)36-25-15-13-24(14-16-25)35-30(28(33-31(35)37)27-12-7-8-17-32-27)26-18-22(5)34(23(26)6)29-20(3)10-9-11-21(29)4/h7-19,28,30H,1-6H3,(H,33,37)/t28-,30+/m0/s1. The summed E-state index contributed by atoms with van der Waals surface area (Å²) in [6, 6.07) is 22.9. The van der Waals surface area contributed by atoms with Gasteiger partial charge in [-0.15, -0.1) is 0 Å². The number of benzene rings is 2. The highest BCUT2D eigenvalue weighted by Crippen LogP contribution is 2.44. The monoisotopic (exact) mass is 510 g/mol. The van der Waals surface area contributed by atoms with Crippen molar-refractivity contribution in [2.75, 3.05) is 4.90 Å². The summed E-state index contributed by atoms with van der Waals surface area (Å²) in [6.45, 7) is 12.8. The Kier molecular flexibility index (Phi) is 6.78. The van der Waals surface area contributed by atoms with Crippen LogP contribution in [0.1, 0.15) is 59.7 Å². The molecule has 0 radical (unpaired) electrons. The number of ether oxygens (including phenoxy) is 1. The number of hydrogen-bond acceptors (Lipinski definition) is 3. The number of pyridine rings is 1. The van der Waals surface area contributed by atoms with Crippen molar-refractivity contribution in [3.8, 4) is 11.4 Å². The molecule has 5 nitrogen and oxygen atoms in total. The molecular weight excluding hydrogens is 476 g/mol. The lowest BCUT2D eigenvalue weighted by atomic mass is 9.96. The minimum Gasteiger partial charge on any atom is -0.491 e. The van der Waals surface area contributed by atoms with Gasteiger partial charge < -0.3 is 19.5 Å². The first-order chi connectivity index (χ1) is 17.8. The fourth-order valence-electron chi connectivity index (χ4n) is 5.50. The minimum atomic E-state index is -0.0905. The molecule has 1 aliphatic rings. The van der Waals surface area contributed by atoms with Crippen LogP contribution < -0.4 is 15.0 Å². The summed E-state index contributed by atoms with van der Waals surface area (Å²) in [5.74, 6) is 0.850. The first-order valence-corrected chi connectivity index (χ1v) is 13.2. The topological polar surface area (TPSA) is 42.3 Å². The van der Waals surface area contributed by atoms with Crippen molar-refractivity contribution in [1.29, 1.82) is 0 Å². The van der Waals surface area contributed by atoms with Crippen LogP contribution in [0.15, 0.2) is 72.9 Å². The second kappa shape index (κ2) is 10.0. The van der Waals surface area contributed by atoms with Gasteiger partial charge in [-0.3, -0.25) is 4.98 Å². The van der Waals surface area contributed by atoms with Crippen molar-refractivity contribution >= 4 is 23.0 Å². The highest BCUT2D eigenvalue weighted by molar-refractivity contribution is 7.80. The zero-order valence-electron chi connectivity index (χ0n) is 22.3. The maximum atomic E-state index is 5.95. The molecule has 3 heterocycles. The highest BCUT2D eigenvalue weighted by Gasteiger charge is 2.42. The Morgan fingerprint density at radius 2 is 1.62 bits per heavy atom. The fraction of sp³-hybridized carbons (Fsp3) is 0.290. The van der Waals surface area contributed by atoms with Crippen LogP contribution in [0.4, 0.5) is 5.69 Å². The van der Waals surface area contributed by atoms with Gasteiger partial charge in [-0.05, 0) is 113 Å². The Hall–Kier alpha value is -3.64. The molecule has 0 unspecified atom stereocenters. The predicted octanol–water partition coefficient (Wildman–Crippen LogP) is 7.07. The molecule has 0 amide bonds. The summed E-state index contributed by atoms with van der Waals surface area (Å²) in [7, 11) is 0. The number of nitrogens with zero attached hydrogens (tertiary/aromatic N) is 3. The molecule has 0 aliphatic carbocycles. The quantitative estimate of drug-likeness (QED) is 0.281. The molecule has 1 fully saturated rings. The van der Waals surface area contributed by atoms with E-state index in [0.29, 0.717) is 5.11 Å². The van der Waals surface area contributed by atoms with Gasteiger partial charge in [-0.2, -0.15) is 0 Å². The van der Waals surface area contributed by atoms with Crippen LogP contribution in [0.3, 0.4) is 0 Å². The SMILES string of the molecule is Cc1cccc(C)c1-n1c(C)cc([C@@H]2[C@H](c3ccccn3)NC(=S)N2c2ccc(OC(C)C)cc2)c1C. The van der Waals surface area contributed by atoms with Gasteiger partial charge in [-0.1, -0.05) is 24.3 Å². The van der Waals surface area contributed by atoms with Gasteiger partial charge in [0.15, 0.2) is 5.11 Å². The first-order valence-electron chi connectivity index (χ1n) is 12.8. The van der Waals surface area contributed by atoms with Crippen LogP contribution in [-0.4, -0.2) is 20.8 Å². The van der Waals surface area contributed by atoms with E-state index in [1.165, 1.54) is 33.8 Å². The molecule has 37 heavy (non-hydrogen) atoms. The zero-order chi connectivity index (χ0) is 26.3. The van der Waals surface area contributed by atoms with Gasteiger partial charge in [0, 0.05) is 23.3 Å². The van der Waals surface area contributed by atoms with Crippen LogP contribution in [0.2, 0.25) is 0 Å². The molecule has 0 saturated carbocycles. The van der Waals surface area contributed by atoms with E-state index in [0.717, 1.165) is 17.1 Å². The number of anilines is 1. The van der Waals surface area contributed by atoms with Crippen LogP contribution >= 0.6 is 12.2 Å². The molecule has 2 aromatic carbocycles. The highest BCUT2D eigenvalue weighted by atomic mass is 32.1. The summed E-state index contributed by atoms with van der Waals surface area (Å²) in [6.07, 6.45) is 1.97. The second-order valence-electron chi connectivity index (χ2n) is 10.1. The maximum Gasteiger partial charge on any atom is 0.174 e. The Bertz CT molecular complexity index is 1410. The van der Waals surface area contributed by atoms with Gasteiger partial charge in [0.1, 0.15) is 5.75 Å². The molecule has 5 rings (SSSR count). The van der Waals surface area contributed by atoms with E-state index in [1.54, 1.807) is 0 Å². The van der Waals surface area contributed by atoms with Crippen molar-refractivity contribution in [1.82, 2.24) is 14.9 Å². The van der Waals surface area contributed by atoms with E-state index < -0.39 is 0 Å². The summed E-state index contributed by atoms with van der Waals surface area (Å²) in [5, 5.41) is 4.28. The third-order valence-corrected chi connectivity index (χ3v) is 7.35. The van der Waals surface area contributed by atoms with Crippen LogP contribution in [0, 0.1) is 27.7 Å². The van der Waals surface area contributed by atoms with E-state index >= 15 is 0 Å². The summed E-state index contributed by atoms with van der Waals surface area (Å²) in [4.78, 5) is 6.94. The van der Waals surface area contributed by atoms with Crippen LogP contribution in [0.25, 0.3) is 5.69 Å². The van der Waals surface area contributed by atoms with E-state index in [2.05, 4.69) is 84.9 Å². The lowest BCUT2D eigenvalue weighted by Gasteiger charge is -2.28. The molecule has 4 aromatic rings. The summed E-state index contributed by atoms with van der Waals surface area (Å²) in [5.41, 5.74) is 9.38. The Balaban J connectivity index is 1.65. The van der Waals surface area contributed by atoms with E-state index in [9.17, 15) is 0 Å². The third-order valence-electron chi connectivity index (χ3n) is 7.04. The largest absolute Gasteiger partial charge is 0.491 e. The van der Waals surface area contributed by atoms with Crippen molar-refractivity contribution in [3.05, 3.63) is 107 Å². The number of nitrogens with one attached hydrogen (secondary N) is 1. The van der Waals surface area contributed by atoms with Crippen LogP contribution in [-0.2, 0) is 0 Å². The fourth-order valence-corrected chi connectivity index (χ4v) is 5.84.